The Morgan fingerprint density at radius 2 is 1.74 bits per heavy atom. The maximum Gasteiger partial charge on any atom is 0.0622 e. The molecule has 0 aliphatic heterocycles. The lowest BCUT2D eigenvalue weighted by molar-refractivity contribution is -0.175. The van der Waals surface area contributed by atoms with Gasteiger partial charge in [0.1, 0.15) is 0 Å². The smallest absolute Gasteiger partial charge is 0.0622 e. The Kier molecular flexibility index (Phi) is 6.41. The lowest BCUT2D eigenvalue weighted by Crippen LogP contribution is -2.58. The molecule has 0 spiro atoms. The standard InChI is InChI=1S/C28H50O3/c1-19(11-13-25(2,3)29)22-9-10-23-21-8-7-20-17-26(4,30)15-16-28(20,18-31-6)24(21)12-14-27(22,23)5/h19-24,29-30H,7-18H2,1-6H3/t19-,20+,21+,22-,23+,24+,26+,27-,28-/m1/s1. The van der Waals surface area contributed by atoms with Gasteiger partial charge in [0.2, 0.25) is 0 Å². The number of rotatable bonds is 6. The molecule has 4 fully saturated rings. The van der Waals surface area contributed by atoms with Crippen LogP contribution in [0.25, 0.3) is 0 Å². The molecule has 31 heavy (non-hydrogen) atoms. The van der Waals surface area contributed by atoms with E-state index in [1.807, 2.05) is 21.0 Å². The SMILES string of the molecule is COC[C@]12CC[C@](C)(O)C[C@@H]1CC[C@H]1[C@@H]3CC[C@H]([C@H](C)CCC(C)(C)O)[C@@]3(C)CC[C@@H]12. The zero-order valence-corrected chi connectivity index (χ0v) is 21.3. The van der Waals surface area contributed by atoms with Crippen LogP contribution in [-0.4, -0.2) is 35.1 Å². The van der Waals surface area contributed by atoms with Gasteiger partial charge in [-0.15, -0.1) is 0 Å². The molecule has 0 saturated heterocycles. The predicted molar refractivity (Wildman–Crippen MR) is 127 cm³/mol. The highest BCUT2D eigenvalue weighted by atomic mass is 16.5. The van der Waals surface area contributed by atoms with Crippen molar-refractivity contribution in [1.29, 1.82) is 0 Å². The van der Waals surface area contributed by atoms with Crippen LogP contribution in [-0.2, 0) is 4.74 Å². The Balaban J connectivity index is 1.53. The van der Waals surface area contributed by atoms with Crippen molar-refractivity contribution in [2.75, 3.05) is 13.7 Å². The molecule has 0 aromatic carbocycles. The zero-order valence-electron chi connectivity index (χ0n) is 21.3. The third-order valence-electron chi connectivity index (χ3n) is 11.0. The molecular weight excluding hydrogens is 384 g/mol. The van der Waals surface area contributed by atoms with E-state index in [1.54, 1.807) is 0 Å². The van der Waals surface area contributed by atoms with Gasteiger partial charge in [0.05, 0.1) is 17.8 Å². The van der Waals surface area contributed by atoms with Gasteiger partial charge < -0.3 is 14.9 Å². The van der Waals surface area contributed by atoms with E-state index in [-0.39, 0.29) is 0 Å². The molecule has 0 heterocycles. The number of aliphatic hydroxyl groups is 2. The van der Waals surface area contributed by atoms with Gasteiger partial charge in [-0.3, -0.25) is 0 Å². The molecule has 180 valence electrons. The van der Waals surface area contributed by atoms with Crippen molar-refractivity contribution in [3.05, 3.63) is 0 Å². The van der Waals surface area contributed by atoms with E-state index in [4.69, 9.17) is 4.74 Å². The molecule has 3 nitrogen and oxygen atoms in total. The molecule has 9 atom stereocenters. The monoisotopic (exact) mass is 434 g/mol. The van der Waals surface area contributed by atoms with Crippen LogP contribution in [0, 0.1) is 46.3 Å². The molecule has 0 bridgehead atoms. The number of methoxy groups -OCH3 is 1. The van der Waals surface area contributed by atoms with Crippen molar-refractivity contribution < 1.29 is 14.9 Å². The van der Waals surface area contributed by atoms with Crippen molar-refractivity contribution in [1.82, 2.24) is 0 Å². The first-order chi connectivity index (χ1) is 14.4. The summed E-state index contributed by atoms with van der Waals surface area (Å²) in [6.07, 6.45) is 13.3. The van der Waals surface area contributed by atoms with Gasteiger partial charge in [-0.25, -0.2) is 0 Å². The minimum absolute atomic E-state index is 0.297. The molecule has 0 aromatic heterocycles. The molecule has 0 amide bonds. The summed E-state index contributed by atoms with van der Waals surface area (Å²) in [6.45, 7) is 12.0. The van der Waals surface area contributed by atoms with Crippen LogP contribution in [0.2, 0.25) is 0 Å². The molecule has 0 aromatic rings. The Hall–Kier alpha value is -0.120. The summed E-state index contributed by atoms with van der Waals surface area (Å²) in [5, 5.41) is 21.1. The quantitative estimate of drug-likeness (QED) is 0.522. The van der Waals surface area contributed by atoms with Gasteiger partial charge in [-0.1, -0.05) is 13.8 Å². The largest absolute Gasteiger partial charge is 0.390 e. The first-order valence-electron chi connectivity index (χ1n) is 13.4. The Morgan fingerprint density at radius 1 is 1.00 bits per heavy atom. The second-order valence-electron chi connectivity index (χ2n) is 13.6. The molecule has 4 aliphatic rings. The number of hydrogen-bond acceptors (Lipinski definition) is 3. The van der Waals surface area contributed by atoms with E-state index in [1.165, 1.54) is 38.5 Å². The lowest BCUT2D eigenvalue weighted by Gasteiger charge is -2.63. The molecule has 4 rings (SSSR count). The van der Waals surface area contributed by atoms with Crippen LogP contribution in [0.15, 0.2) is 0 Å². The van der Waals surface area contributed by atoms with Crippen LogP contribution in [0.1, 0.15) is 105 Å². The van der Waals surface area contributed by atoms with Crippen molar-refractivity contribution in [3.8, 4) is 0 Å². The van der Waals surface area contributed by atoms with Crippen LogP contribution >= 0.6 is 0 Å². The van der Waals surface area contributed by atoms with Gasteiger partial charge in [0.25, 0.3) is 0 Å². The highest BCUT2D eigenvalue weighted by Gasteiger charge is 2.62. The predicted octanol–water partition coefficient (Wildman–Crippen LogP) is 6.21. The van der Waals surface area contributed by atoms with Gasteiger partial charge in [-0.2, -0.15) is 0 Å². The molecular formula is C28H50O3. The third kappa shape index (κ3) is 4.26. The van der Waals surface area contributed by atoms with Gasteiger partial charge >= 0.3 is 0 Å². The van der Waals surface area contributed by atoms with Gasteiger partial charge in [-0.05, 0) is 138 Å². The summed E-state index contributed by atoms with van der Waals surface area (Å²) < 4.78 is 5.91. The van der Waals surface area contributed by atoms with Crippen LogP contribution < -0.4 is 0 Å². The summed E-state index contributed by atoms with van der Waals surface area (Å²) in [4.78, 5) is 0. The van der Waals surface area contributed by atoms with Crippen LogP contribution in [0.5, 0.6) is 0 Å². The van der Waals surface area contributed by atoms with E-state index in [0.29, 0.717) is 22.7 Å². The minimum atomic E-state index is -0.544. The Morgan fingerprint density at radius 3 is 2.42 bits per heavy atom. The zero-order chi connectivity index (χ0) is 22.7. The van der Waals surface area contributed by atoms with Crippen LogP contribution in [0.3, 0.4) is 0 Å². The van der Waals surface area contributed by atoms with Crippen LogP contribution in [0.4, 0.5) is 0 Å². The normalized spacial score (nSPS) is 48.6. The second kappa shape index (κ2) is 8.27. The lowest BCUT2D eigenvalue weighted by atomic mass is 9.43. The van der Waals surface area contributed by atoms with E-state index < -0.39 is 11.2 Å². The molecule has 3 heteroatoms. The molecule has 4 aliphatic carbocycles. The number of ether oxygens (including phenoxy) is 1. The van der Waals surface area contributed by atoms with E-state index >= 15 is 0 Å². The maximum atomic E-state index is 10.8. The fourth-order valence-electron chi connectivity index (χ4n) is 9.54. The molecule has 4 saturated carbocycles. The highest BCUT2D eigenvalue weighted by molar-refractivity contribution is 5.11. The fourth-order valence-corrected chi connectivity index (χ4v) is 9.54. The molecule has 0 radical (unpaired) electrons. The maximum absolute atomic E-state index is 10.8. The summed E-state index contributed by atoms with van der Waals surface area (Å²) in [5.74, 6) is 4.63. The fraction of sp³-hybridized carbons (Fsp3) is 1.00. The summed E-state index contributed by atoms with van der Waals surface area (Å²) in [6, 6.07) is 0. The summed E-state index contributed by atoms with van der Waals surface area (Å²) in [5.41, 5.74) is -0.252. The van der Waals surface area contributed by atoms with Gasteiger partial charge in [0.15, 0.2) is 0 Å². The number of fused-ring (bicyclic) bond motifs is 5. The van der Waals surface area contributed by atoms with E-state index in [0.717, 1.165) is 62.4 Å². The van der Waals surface area contributed by atoms with Gasteiger partial charge in [0, 0.05) is 7.11 Å². The first kappa shape index (κ1) is 24.0. The Bertz CT molecular complexity index is 637. The average molecular weight is 435 g/mol. The van der Waals surface area contributed by atoms with Crippen molar-refractivity contribution in [2.24, 2.45) is 46.3 Å². The van der Waals surface area contributed by atoms with E-state index in [2.05, 4.69) is 20.8 Å². The molecule has 2 N–H and O–H groups in total. The van der Waals surface area contributed by atoms with Crippen molar-refractivity contribution in [2.45, 2.75) is 116 Å². The highest BCUT2D eigenvalue weighted by Crippen LogP contribution is 2.69. The summed E-state index contributed by atoms with van der Waals surface area (Å²) >= 11 is 0. The van der Waals surface area contributed by atoms with Crippen molar-refractivity contribution in [3.63, 3.8) is 0 Å². The number of hydrogen-bond donors (Lipinski definition) is 2. The average Bonchev–Trinajstić information content (AvgIpc) is 3.03. The first-order valence-corrected chi connectivity index (χ1v) is 13.4. The van der Waals surface area contributed by atoms with Crippen molar-refractivity contribution >= 4 is 0 Å². The Labute approximate surface area is 191 Å². The minimum Gasteiger partial charge on any atom is -0.390 e. The summed E-state index contributed by atoms with van der Waals surface area (Å²) in [7, 11) is 1.89. The second-order valence-corrected chi connectivity index (χ2v) is 13.6. The van der Waals surface area contributed by atoms with E-state index in [9.17, 15) is 10.2 Å². The molecule has 0 unspecified atom stereocenters. The third-order valence-corrected chi connectivity index (χ3v) is 11.0. The topological polar surface area (TPSA) is 49.7 Å².